The Morgan fingerprint density at radius 2 is 0.940 bits per heavy atom. The van der Waals surface area contributed by atoms with Gasteiger partial charge in [0, 0.05) is 18.5 Å². The molecule has 0 fully saturated rings. The van der Waals surface area contributed by atoms with Crippen LogP contribution in [0, 0.1) is 0 Å². The maximum Gasteiger partial charge on any atom is 0.306 e. The van der Waals surface area contributed by atoms with Crippen molar-refractivity contribution in [2.75, 3.05) is 18.5 Å². The van der Waals surface area contributed by atoms with E-state index in [0.29, 0.717) is 19.4 Å². The molecule has 1 rings (SSSR count). The molecule has 5 heteroatoms. The second-order valence-electron chi connectivity index (χ2n) is 14.6. The van der Waals surface area contributed by atoms with Crippen molar-refractivity contribution in [3.63, 3.8) is 0 Å². The van der Waals surface area contributed by atoms with Crippen LogP contribution in [0.4, 0.5) is 5.69 Å². The fourth-order valence-electron chi connectivity index (χ4n) is 6.41. The van der Waals surface area contributed by atoms with Gasteiger partial charge in [0.2, 0.25) is 0 Å². The molecule has 0 unspecified atom stereocenters. The third-order valence-corrected chi connectivity index (χ3v) is 9.66. The molecule has 50 heavy (non-hydrogen) atoms. The van der Waals surface area contributed by atoms with E-state index in [1.807, 2.05) is 30.3 Å². The van der Waals surface area contributed by atoms with Gasteiger partial charge >= 0.3 is 11.9 Å². The summed E-state index contributed by atoms with van der Waals surface area (Å²) in [6.07, 6.45) is 40.5. The topological polar surface area (TPSA) is 64.6 Å². The normalized spacial score (nSPS) is 12.0. The Morgan fingerprint density at radius 1 is 0.540 bits per heavy atom. The molecular formula is C45H79NO4. The summed E-state index contributed by atoms with van der Waals surface area (Å²) in [5, 5.41) is 3.32. The van der Waals surface area contributed by atoms with Crippen molar-refractivity contribution in [1.82, 2.24) is 0 Å². The predicted molar refractivity (Wildman–Crippen MR) is 215 cm³/mol. The van der Waals surface area contributed by atoms with E-state index in [1.165, 1.54) is 141 Å². The van der Waals surface area contributed by atoms with Crippen LogP contribution in [0.15, 0.2) is 42.5 Å². The molecule has 0 bridgehead atoms. The molecule has 1 N–H and O–H groups in total. The van der Waals surface area contributed by atoms with Crippen molar-refractivity contribution in [2.24, 2.45) is 0 Å². The SMILES string of the molecule is CCCCCCCCC=CCCCCCCCC(=O)O[C@@H](CNc1ccccc1)COC(=O)CCCCCCCCCCCCCCCCC. The molecule has 1 aromatic rings. The lowest BCUT2D eigenvalue weighted by atomic mass is 10.0. The van der Waals surface area contributed by atoms with E-state index in [-0.39, 0.29) is 18.5 Å². The number of unbranched alkanes of at least 4 members (excludes halogenated alkanes) is 25. The molecule has 1 atom stereocenters. The van der Waals surface area contributed by atoms with Gasteiger partial charge in [-0.2, -0.15) is 0 Å². The molecule has 0 saturated heterocycles. The standard InChI is InChI=1S/C45H79NO4/c1-3-5-7-9-11-13-15-17-19-21-23-25-27-29-34-38-44(47)49-41-43(40-46-42-36-32-31-33-37-42)50-45(48)39-35-30-28-26-24-22-20-18-16-14-12-10-8-6-4-2/h18,20,31-33,36-37,43,46H,3-17,19,21-30,34-35,38-41H2,1-2H3/t43-/m0/s1. The van der Waals surface area contributed by atoms with Crippen LogP contribution in [0.2, 0.25) is 0 Å². The highest BCUT2D eigenvalue weighted by Gasteiger charge is 2.17. The molecule has 288 valence electrons. The van der Waals surface area contributed by atoms with Crippen LogP contribution in [0.3, 0.4) is 0 Å². The molecule has 0 aliphatic heterocycles. The lowest BCUT2D eigenvalue weighted by molar-refractivity contribution is -0.158. The largest absolute Gasteiger partial charge is 0.462 e. The van der Waals surface area contributed by atoms with Gasteiger partial charge in [0.1, 0.15) is 6.61 Å². The summed E-state index contributed by atoms with van der Waals surface area (Å²) in [4.78, 5) is 25.2. The molecule has 1 aromatic carbocycles. The average Bonchev–Trinajstić information content (AvgIpc) is 3.13. The maximum absolute atomic E-state index is 12.7. The van der Waals surface area contributed by atoms with Crippen molar-refractivity contribution >= 4 is 17.6 Å². The Hall–Kier alpha value is -2.30. The zero-order valence-corrected chi connectivity index (χ0v) is 32.9. The monoisotopic (exact) mass is 698 g/mol. The minimum Gasteiger partial charge on any atom is -0.462 e. The van der Waals surface area contributed by atoms with Crippen molar-refractivity contribution in [3.05, 3.63) is 42.5 Å². The number of benzene rings is 1. The number of hydrogen-bond acceptors (Lipinski definition) is 5. The Morgan fingerprint density at radius 3 is 1.40 bits per heavy atom. The highest BCUT2D eigenvalue weighted by atomic mass is 16.6. The van der Waals surface area contributed by atoms with Crippen LogP contribution < -0.4 is 5.32 Å². The smallest absolute Gasteiger partial charge is 0.306 e. The number of anilines is 1. The Bertz CT molecular complexity index is 902. The fourth-order valence-corrected chi connectivity index (χ4v) is 6.41. The van der Waals surface area contributed by atoms with Gasteiger partial charge in [-0.15, -0.1) is 0 Å². The number of esters is 2. The van der Waals surface area contributed by atoms with E-state index < -0.39 is 6.10 Å². The van der Waals surface area contributed by atoms with Crippen LogP contribution in [0.25, 0.3) is 0 Å². The predicted octanol–water partition coefficient (Wildman–Crippen LogP) is 13.9. The first-order valence-corrected chi connectivity index (χ1v) is 21.4. The van der Waals surface area contributed by atoms with Crippen LogP contribution in [-0.4, -0.2) is 31.2 Å². The van der Waals surface area contributed by atoms with E-state index in [9.17, 15) is 9.59 Å². The Labute approximate surface area is 309 Å². The Kier molecular flexibility index (Phi) is 33.4. The zero-order chi connectivity index (χ0) is 36.0. The summed E-state index contributed by atoms with van der Waals surface area (Å²) in [5.74, 6) is -0.404. The number of carbonyl (C=O) groups excluding carboxylic acids is 2. The number of carbonyl (C=O) groups is 2. The van der Waals surface area contributed by atoms with Gasteiger partial charge in [-0.05, 0) is 50.7 Å². The van der Waals surface area contributed by atoms with Crippen LogP contribution >= 0.6 is 0 Å². The van der Waals surface area contributed by atoms with E-state index in [1.54, 1.807) is 0 Å². The van der Waals surface area contributed by atoms with E-state index >= 15 is 0 Å². The quantitative estimate of drug-likeness (QED) is 0.0426. The molecule has 0 radical (unpaired) electrons. The lowest BCUT2D eigenvalue weighted by Gasteiger charge is -2.19. The minimum atomic E-state index is -0.504. The first-order valence-electron chi connectivity index (χ1n) is 21.4. The fraction of sp³-hybridized carbons (Fsp3) is 0.778. The van der Waals surface area contributed by atoms with Crippen molar-refractivity contribution in [1.29, 1.82) is 0 Å². The Balaban J connectivity index is 2.13. The second-order valence-corrected chi connectivity index (χ2v) is 14.6. The zero-order valence-electron chi connectivity index (χ0n) is 32.9. The van der Waals surface area contributed by atoms with E-state index in [0.717, 1.165) is 44.2 Å². The van der Waals surface area contributed by atoms with Crippen molar-refractivity contribution in [2.45, 2.75) is 213 Å². The summed E-state index contributed by atoms with van der Waals surface area (Å²) in [6, 6.07) is 9.86. The van der Waals surface area contributed by atoms with Gasteiger partial charge in [0.15, 0.2) is 6.10 Å². The van der Waals surface area contributed by atoms with Crippen molar-refractivity contribution < 1.29 is 19.1 Å². The molecule has 0 heterocycles. The lowest BCUT2D eigenvalue weighted by Crippen LogP contribution is -2.31. The van der Waals surface area contributed by atoms with Crippen LogP contribution in [0.1, 0.15) is 206 Å². The summed E-state index contributed by atoms with van der Waals surface area (Å²) in [6.45, 7) is 5.05. The number of hydrogen-bond donors (Lipinski definition) is 1. The third-order valence-electron chi connectivity index (χ3n) is 9.66. The number of rotatable bonds is 37. The highest BCUT2D eigenvalue weighted by Crippen LogP contribution is 2.15. The van der Waals surface area contributed by atoms with Gasteiger partial charge in [-0.1, -0.05) is 185 Å². The molecule has 0 aliphatic rings. The number of nitrogens with one attached hydrogen (secondary N) is 1. The third kappa shape index (κ3) is 31.7. The minimum absolute atomic E-state index is 0.0928. The van der Waals surface area contributed by atoms with Gasteiger partial charge < -0.3 is 14.8 Å². The average molecular weight is 698 g/mol. The molecular weight excluding hydrogens is 618 g/mol. The molecule has 0 saturated carbocycles. The number of allylic oxidation sites excluding steroid dienone is 2. The van der Waals surface area contributed by atoms with Crippen molar-refractivity contribution in [3.8, 4) is 0 Å². The number of ether oxygens (including phenoxy) is 2. The maximum atomic E-state index is 12.7. The van der Waals surface area contributed by atoms with E-state index in [4.69, 9.17) is 9.47 Å². The summed E-state index contributed by atoms with van der Waals surface area (Å²) in [7, 11) is 0. The first-order chi connectivity index (χ1) is 24.7. The van der Waals surface area contributed by atoms with Gasteiger partial charge in [0.25, 0.3) is 0 Å². The van der Waals surface area contributed by atoms with E-state index in [2.05, 4.69) is 31.3 Å². The molecule has 0 aliphatic carbocycles. The van der Waals surface area contributed by atoms with Gasteiger partial charge in [-0.3, -0.25) is 9.59 Å². The van der Waals surface area contributed by atoms with Gasteiger partial charge in [-0.25, -0.2) is 0 Å². The molecule has 0 aromatic heterocycles. The molecule has 0 spiro atoms. The van der Waals surface area contributed by atoms with Crippen LogP contribution in [0.5, 0.6) is 0 Å². The number of para-hydroxylation sites is 1. The van der Waals surface area contributed by atoms with Gasteiger partial charge in [0.05, 0.1) is 6.54 Å². The summed E-state index contributed by atoms with van der Waals surface area (Å²) >= 11 is 0. The van der Waals surface area contributed by atoms with Crippen LogP contribution in [-0.2, 0) is 19.1 Å². The second kappa shape index (κ2) is 36.5. The summed E-state index contributed by atoms with van der Waals surface area (Å²) < 4.78 is 11.4. The highest BCUT2D eigenvalue weighted by molar-refractivity contribution is 5.70. The molecule has 5 nitrogen and oxygen atoms in total. The molecule has 0 amide bonds. The first kappa shape index (κ1) is 45.7. The summed E-state index contributed by atoms with van der Waals surface area (Å²) in [5.41, 5.74) is 0.954.